The van der Waals surface area contributed by atoms with Crippen molar-refractivity contribution in [3.8, 4) is 5.75 Å². The highest BCUT2D eigenvalue weighted by molar-refractivity contribution is 9.10. The standard InChI is InChI=1S/C15H24BrNO/c1-4-13(3)12-17(5-2)10-11-18-15-8-6-14(16)7-9-15/h6-9,13H,4-5,10-12H2,1-3H3. The fourth-order valence-corrected chi connectivity index (χ4v) is 2.04. The van der Waals surface area contributed by atoms with Crippen LogP contribution in [0.5, 0.6) is 5.75 Å². The van der Waals surface area contributed by atoms with E-state index in [-0.39, 0.29) is 0 Å². The maximum atomic E-state index is 5.75. The van der Waals surface area contributed by atoms with Gasteiger partial charge in [0.2, 0.25) is 0 Å². The first-order valence-electron chi connectivity index (χ1n) is 6.76. The molecule has 1 unspecified atom stereocenters. The van der Waals surface area contributed by atoms with Gasteiger partial charge in [0.25, 0.3) is 0 Å². The van der Waals surface area contributed by atoms with Crippen molar-refractivity contribution in [3.63, 3.8) is 0 Å². The molecule has 0 aliphatic carbocycles. The molecule has 18 heavy (non-hydrogen) atoms. The molecule has 1 aromatic carbocycles. The molecule has 2 nitrogen and oxygen atoms in total. The van der Waals surface area contributed by atoms with Crippen molar-refractivity contribution in [1.82, 2.24) is 4.90 Å². The van der Waals surface area contributed by atoms with E-state index in [9.17, 15) is 0 Å². The zero-order valence-corrected chi connectivity index (χ0v) is 13.2. The van der Waals surface area contributed by atoms with Crippen molar-refractivity contribution < 1.29 is 4.74 Å². The minimum Gasteiger partial charge on any atom is -0.492 e. The second kappa shape index (κ2) is 8.54. The third kappa shape index (κ3) is 5.87. The average molecular weight is 314 g/mol. The zero-order valence-electron chi connectivity index (χ0n) is 11.7. The van der Waals surface area contributed by atoms with Crippen LogP contribution in [-0.4, -0.2) is 31.1 Å². The molecule has 0 amide bonds. The largest absolute Gasteiger partial charge is 0.492 e. The zero-order chi connectivity index (χ0) is 13.4. The molecule has 0 spiro atoms. The smallest absolute Gasteiger partial charge is 0.119 e. The maximum Gasteiger partial charge on any atom is 0.119 e. The number of hydrogen-bond donors (Lipinski definition) is 0. The molecule has 0 N–H and O–H groups in total. The van der Waals surface area contributed by atoms with Crippen LogP contribution in [0.4, 0.5) is 0 Å². The van der Waals surface area contributed by atoms with Gasteiger partial charge in [0, 0.05) is 17.6 Å². The van der Waals surface area contributed by atoms with E-state index in [0.717, 1.165) is 42.4 Å². The number of rotatable bonds is 8. The predicted molar refractivity (Wildman–Crippen MR) is 81.2 cm³/mol. The first-order valence-corrected chi connectivity index (χ1v) is 7.55. The van der Waals surface area contributed by atoms with Gasteiger partial charge in [-0.05, 0) is 36.7 Å². The molecule has 1 atom stereocenters. The van der Waals surface area contributed by atoms with Crippen LogP contribution in [0.3, 0.4) is 0 Å². The Morgan fingerprint density at radius 2 is 1.89 bits per heavy atom. The molecule has 3 heteroatoms. The number of benzene rings is 1. The van der Waals surface area contributed by atoms with Crippen molar-refractivity contribution in [2.75, 3.05) is 26.2 Å². The van der Waals surface area contributed by atoms with E-state index in [1.807, 2.05) is 24.3 Å². The lowest BCUT2D eigenvalue weighted by Crippen LogP contribution is -2.32. The molecule has 0 aliphatic heterocycles. The Hall–Kier alpha value is -0.540. The van der Waals surface area contributed by atoms with Crippen molar-refractivity contribution in [2.45, 2.75) is 27.2 Å². The highest BCUT2D eigenvalue weighted by atomic mass is 79.9. The minimum absolute atomic E-state index is 0.756. The lowest BCUT2D eigenvalue weighted by molar-refractivity contribution is 0.194. The Balaban J connectivity index is 2.28. The van der Waals surface area contributed by atoms with Crippen LogP contribution in [0.1, 0.15) is 27.2 Å². The average Bonchev–Trinajstić information content (AvgIpc) is 2.39. The molecule has 0 aromatic heterocycles. The SMILES string of the molecule is CCC(C)CN(CC)CCOc1ccc(Br)cc1. The summed E-state index contributed by atoms with van der Waals surface area (Å²) < 4.78 is 6.83. The van der Waals surface area contributed by atoms with Crippen molar-refractivity contribution in [1.29, 1.82) is 0 Å². The van der Waals surface area contributed by atoms with Crippen molar-refractivity contribution in [3.05, 3.63) is 28.7 Å². The minimum atomic E-state index is 0.756. The molecule has 0 fully saturated rings. The third-order valence-electron chi connectivity index (χ3n) is 3.20. The summed E-state index contributed by atoms with van der Waals surface area (Å²) in [6, 6.07) is 8.00. The van der Waals surface area contributed by atoms with E-state index >= 15 is 0 Å². The fourth-order valence-electron chi connectivity index (χ4n) is 1.77. The Kier molecular flexibility index (Phi) is 7.36. The molecule has 102 valence electrons. The van der Waals surface area contributed by atoms with Gasteiger partial charge in [0.15, 0.2) is 0 Å². The van der Waals surface area contributed by atoms with Crippen LogP contribution in [0.25, 0.3) is 0 Å². The molecule has 0 saturated heterocycles. The lowest BCUT2D eigenvalue weighted by atomic mass is 10.1. The van der Waals surface area contributed by atoms with Crippen molar-refractivity contribution >= 4 is 15.9 Å². The number of hydrogen-bond acceptors (Lipinski definition) is 2. The number of likely N-dealkylation sites (N-methyl/N-ethyl adjacent to an activating group) is 1. The van der Waals surface area contributed by atoms with Crippen LogP contribution in [0.15, 0.2) is 28.7 Å². The summed E-state index contributed by atoms with van der Waals surface area (Å²) in [6.45, 7) is 10.8. The molecule has 0 heterocycles. The Bertz CT molecular complexity index is 326. The first kappa shape index (κ1) is 15.5. The lowest BCUT2D eigenvalue weighted by Gasteiger charge is -2.23. The summed E-state index contributed by atoms with van der Waals surface area (Å²) in [6.07, 6.45) is 1.24. The summed E-state index contributed by atoms with van der Waals surface area (Å²) in [4.78, 5) is 2.45. The van der Waals surface area contributed by atoms with Gasteiger partial charge in [0.1, 0.15) is 12.4 Å². The molecular weight excluding hydrogens is 290 g/mol. The predicted octanol–water partition coefficient (Wildman–Crippen LogP) is 4.20. The molecule has 1 rings (SSSR count). The monoisotopic (exact) mass is 313 g/mol. The number of nitrogens with zero attached hydrogens (tertiary/aromatic N) is 1. The molecule has 0 saturated carbocycles. The van der Waals surface area contributed by atoms with Gasteiger partial charge in [-0.3, -0.25) is 4.90 Å². The van der Waals surface area contributed by atoms with Gasteiger partial charge in [-0.2, -0.15) is 0 Å². The third-order valence-corrected chi connectivity index (χ3v) is 3.73. The van der Waals surface area contributed by atoms with E-state index in [1.54, 1.807) is 0 Å². The molecule has 0 aliphatic rings. The normalized spacial score (nSPS) is 12.7. The summed E-state index contributed by atoms with van der Waals surface area (Å²) in [7, 11) is 0. The summed E-state index contributed by atoms with van der Waals surface area (Å²) in [5.74, 6) is 1.70. The Morgan fingerprint density at radius 3 is 2.44 bits per heavy atom. The molecular formula is C15H24BrNO. The van der Waals surface area contributed by atoms with Crippen LogP contribution in [-0.2, 0) is 0 Å². The van der Waals surface area contributed by atoms with Gasteiger partial charge in [-0.1, -0.05) is 43.1 Å². The molecule has 1 aromatic rings. The topological polar surface area (TPSA) is 12.5 Å². The Morgan fingerprint density at radius 1 is 1.22 bits per heavy atom. The quantitative estimate of drug-likeness (QED) is 0.713. The van der Waals surface area contributed by atoms with Gasteiger partial charge in [0.05, 0.1) is 0 Å². The summed E-state index contributed by atoms with van der Waals surface area (Å²) >= 11 is 3.42. The summed E-state index contributed by atoms with van der Waals surface area (Å²) in [5.41, 5.74) is 0. The summed E-state index contributed by atoms with van der Waals surface area (Å²) in [5, 5.41) is 0. The van der Waals surface area contributed by atoms with Gasteiger partial charge < -0.3 is 4.74 Å². The number of halogens is 1. The first-order chi connectivity index (χ1) is 8.65. The highest BCUT2D eigenvalue weighted by Crippen LogP contribution is 2.16. The van der Waals surface area contributed by atoms with Gasteiger partial charge in [-0.15, -0.1) is 0 Å². The van der Waals surface area contributed by atoms with E-state index in [0.29, 0.717) is 0 Å². The molecule has 0 radical (unpaired) electrons. The second-order valence-corrected chi connectivity index (χ2v) is 5.62. The maximum absolute atomic E-state index is 5.75. The van der Waals surface area contributed by atoms with Crippen LogP contribution < -0.4 is 4.74 Å². The number of ether oxygens (including phenoxy) is 1. The molecule has 0 bridgehead atoms. The van der Waals surface area contributed by atoms with Gasteiger partial charge in [-0.25, -0.2) is 0 Å². The Labute approximate surface area is 119 Å². The van der Waals surface area contributed by atoms with E-state index in [2.05, 4.69) is 41.6 Å². The van der Waals surface area contributed by atoms with Crippen molar-refractivity contribution in [2.24, 2.45) is 5.92 Å². The van der Waals surface area contributed by atoms with E-state index < -0.39 is 0 Å². The van der Waals surface area contributed by atoms with E-state index in [1.165, 1.54) is 6.42 Å². The van der Waals surface area contributed by atoms with Crippen LogP contribution in [0, 0.1) is 5.92 Å². The van der Waals surface area contributed by atoms with E-state index in [4.69, 9.17) is 4.74 Å². The van der Waals surface area contributed by atoms with Crippen LogP contribution >= 0.6 is 15.9 Å². The fraction of sp³-hybridized carbons (Fsp3) is 0.600. The van der Waals surface area contributed by atoms with Gasteiger partial charge >= 0.3 is 0 Å². The second-order valence-electron chi connectivity index (χ2n) is 4.71. The van der Waals surface area contributed by atoms with Crippen LogP contribution in [0.2, 0.25) is 0 Å². The highest BCUT2D eigenvalue weighted by Gasteiger charge is 2.07.